The molecule has 3 aliphatic carbocycles. The number of hydrogen-bond acceptors (Lipinski definition) is 8. The van der Waals surface area contributed by atoms with Crippen molar-refractivity contribution in [1.82, 2.24) is 0 Å². The fourth-order valence-electron chi connectivity index (χ4n) is 8.29. The molecule has 3 aliphatic rings. The quantitative estimate of drug-likeness (QED) is 0.355. The van der Waals surface area contributed by atoms with Crippen molar-refractivity contribution in [2.75, 3.05) is 0 Å². The van der Waals surface area contributed by atoms with E-state index in [2.05, 4.69) is 0 Å². The molecule has 8 nitrogen and oxygen atoms in total. The summed E-state index contributed by atoms with van der Waals surface area (Å²) in [6, 6.07) is 4.68. The standard InChI is InChI=1S/C32H40O8/c1-14(2)12-18(34)13-21-30(7)16(5)19-10-9-11-20(35)23(19)27(37)25(30)29(39)32(40)28(38)22(17(6)33)26(36)24(15(3)4)31(21,32)8/h9-11,14-16,21,24,35-36,39-40H,12-13H2,1-8H3/t16-,21-,24?,30-,31-,32+/m1/s1. The molecule has 0 radical (unpaired) electrons. The summed E-state index contributed by atoms with van der Waals surface area (Å²) < 4.78 is 0. The van der Waals surface area contributed by atoms with Crippen LogP contribution < -0.4 is 0 Å². The first-order chi connectivity index (χ1) is 18.4. The van der Waals surface area contributed by atoms with Crippen LogP contribution in [0.5, 0.6) is 5.75 Å². The molecule has 1 aromatic rings. The summed E-state index contributed by atoms with van der Waals surface area (Å²) >= 11 is 0. The zero-order valence-electron chi connectivity index (χ0n) is 24.5. The first kappa shape index (κ1) is 29.7. The maximum atomic E-state index is 14.2. The Morgan fingerprint density at radius 3 is 2.15 bits per heavy atom. The number of allylic oxidation sites excluding steroid dienone is 2. The van der Waals surface area contributed by atoms with Crippen molar-refractivity contribution < 1.29 is 39.6 Å². The molecular formula is C32H40O8. The molecule has 4 rings (SSSR count). The lowest BCUT2D eigenvalue weighted by Crippen LogP contribution is -2.71. The SMILES string of the molecule is CC(=O)C1=C(O)C(C(C)C)[C@@]2(C)[C@H](CC(=O)CC(C)C)[C@]3(C)C(=C(O)[C@@]2(O)C1=O)C(=O)c1c(O)cccc1[C@H]3C. The van der Waals surface area contributed by atoms with E-state index in [1.54, 1.807) is 39.8 Å². The third-order valence-corrected chi connectivity index (χ3v) is 10.1. The summed E-state index contributed by atoms with van der Waals surface area (Å²) in [6.07, 6.45) is 0.0713. The Labute approximate surface area is 234 Å². The minimum atomic E-state index is -2.79. The van der Waals surface area contributed by atoms with Gasteiger partial charge in [0.1, 0.15) is 28.6 Å². The number of carbonyl (C=O) groups is 4. The van der Waals surface area contributed by atoms with Crippen LogP contribution in [0.15, 0.2) is 40.9 Å². The van der Waals surface area contributed by atoms with Gasteiger partial charge in [-0.15, -0.1) is 0 Å². The monoisotopic (exact) mass is 552 g/mol. The second-order valence-corrected chi connectivity index (χ2v) is 13.1. The van der Waals surface area contributed by atoms with Gasteiger partial charge < -0.3 is 20.4 Å². The molecule has 0 heterocycles. The molecule has 1 unspecified atom stereocenters. The van der Waals surface area contributed by atoms with Gasteiger partial charge in [0.05, 0.1) is 5.56 Å². The van der Waals surface area contributed by atoms with Gasteiger partial charge in [-0.1, -0.05) is 60.6 Å². The number of hydrogen-bond donors (Lipinski definition) is 4. The fraction of sp³-hybridized carbons (Fsp3) is 0.562. The molecule has 216 valence electrons. The van der Waals surface area contributed by atoms with Crippen LogP contribution in [0.4, 0.5) is 0 Å². The van der Waals surface area contributed by atoms with Crippen LogP contribution in [-0.4, -0.2) is 49.2 Å². The van der Waals surface area contributed by atoms with Crippen molar-refractivity contribution in [2.45, 2.75) is 79.8 Å². The molecule has 0 bridgehead atoms. The predicted molar refractivity (Wildman–Crippen MR) is 148 cm³/mol. The lowest BCUT2D eigenvalue weighted by molar-refractivity contribution is -0.194. The van der Waals surface area contributed by atoms with E-state index in [0.29, 0.717) is 5.56 Å². The van der Waals surface area contributed by atoms with E-state index in [1.807, 2.05) is 20.8 Å². The number of phenolic OH excluding ortho intramolecular Hbond substituents is 1. The highest BCUT2D eigenvalue weighted by Gasteiger charge is 2.75. The van der Waals surface area contributed by atoms with Gasteiger partial charge in [-0.3, -0.25) is 19.2 Å². The highest BCUT2D eigenvalue weighted by Crippen LogP contribution is 2.71. The smallest absolute Gasteiger partial charge is 0.209 e. The van der Waals surface area contributed by atoms with Crippen molar-refractivity contribution >= 4 is 23.1 Å². The zero-order valence-corrected chi connectivity index (χ0v) is 24.5. The number of aliphatic hydroxyl groups excluding tert-OH is 2. The van der Waals surface area contributed by atoms with E-state index in [9.17, 15) is 39.6 Å². The average Bonchev–Trinajstić information content (AvgIpc) is 2.82. The number of aliphatic hydroxyl groups is 3. The number of benzene rings is 1. The van der Waals surface area contributed by atoms with Crippen LogP contribution in [0.3, 0.4) is 0 Å². The van der Waals surface area contributed by atoms with Crippen molar-refractivity contribution in [1.29, 1.82) is 0 Å². The van der Waals surface area contributed by atoms with Crippen LogP contribution in [0, 0.1) is 34.5 Å². The van der Waals surface area contributed by atoms with Gasteiger partial charge in [-0.2, -0.15) is 0 Å². The van der Waals surface area contributed by atoms with Crippen LogP contribution >= 0.6 is 0 Å². The lowest BCUT2D eigenvalue weighted by Gasteiger charge is -2.65. The van der Waals surface area contributed by atoms with Crippen LogP contribution in [-0.2, 0) is 14.4 Å². The molecule has 1 aromatic carbocycles. The number of phenols is 1. The third-order valence-electron chi connectivity index (χ3n) is 10.1. The van der Waals surface area contributed by atoms with Gasteiger partial charge in [0.2, 0.25) is 5.78 Å². The number of aromatic hydroxyl groups is 1. The van der Waals surface area contributed by atoms with E-state index < -0.39 is 74.5 Å². The Hall–Kier alpha value is -3.26. The number of ketones is 4. The maximum Gasteiger partial charge on any atom is 0.209 e. The molecule has 0 aliphatic heterocycles. The summed E-state index contributed by atoms with van der Waals surface area (Å²) in [6.45, 7) is 13.6. The molecule has 8 heteroatoms. The van der Waals surface area contributed by atoms with Gasteiger partial charge in [-0.05, 0) is 42.2 Å². The Morgan fingerprint density at radius 1 is 1.02 bits per heavy atom. The number of Topliss-reactive ketones (excluding diaryl/α,β-unsaturated/α-hetero) is 4. The normalized spacial score (nSPS) is 33.7. The van der Waals surface area contributed by atoms with Crippen LogP contribution in [0.25, 0.3) is 0 Å². The second-order valence-electron chi connectivity index (χ2n) is 13.1. The topological polar surface area (TPSA) is 149 Å². The van der Waals surface area contributed by atoms with Crippen molar-refractivity contribution in [3.05, 3.63) is 52.0 Å². The molecule has 4 N–H and O–H groups in total. The highest BCUT2D eigenvalue weighted by molar-refractivity contribution is 6.25. The predicted octanol–water partition coefficient (Wildman–Crippen LogP) is 5.14. The summed E-state index contributed by atoms with van der Waals surface area (Å²) in [5.74, 6) is -7.47. The first-order valence-corrected chi connectivity index (χ1v) is 13.9. The molecule has 40 heavy (non-hydrogen) atoms. The highest BCUT2D eigenvalue weighted by atomic mass is 16.3. The number of carbonyl (C=O) groups excluding carboxylic acids is 4. The van der Waals surface area contributed by atoms with Gasteiger partial charge in [0.25, 0.3) is 0 Å². The minimum Gasteiger partial charge on any atom is -0.511 e. The molecule has 0 saturated heterocycles. The molecule has 0 aromatic heterocycles. The van der Waals surface area contributed by atoms with Crippen LogP contribution in [0.2, 0.25) is 0 Å². The second kappa shape index (κ2) is 9.40. The Balaban J connectivity index is 2.19. The molecule has 0 amide bonds. The molecular weight excluding hydrogens is 512 g/mol. The summed E-state index contributed by atoms with van der Waals surface area (Å²) in [7, 11) is 0. The summed E-state index contributed by atoms with van der Waals surface area (Å²) in [5, 5.41) is 46.6. The number of rotatable bonds is 6. The summed E-state index contributed by atoms with van der Waals surface area (Å²) in [4.78, 5) is 54.4. The molecule has 0 fully saturated rings. The summed E-state index contributed by atoms with van der Waals surface area (Å²) in [5.41, 5.74) is -6.17. The van der Waals surface area contributed by atoms with Gasteiger partial charge in [0.15, 0.2) is 17.2 Å². The zero-order chi connectivity index (χ0) is 30.3. The molecule has 6 atom stereocenters. The van der Waals surface area contributed by atoms with Crippen molar-refractivity contribution in [3.63, 3.8) is 0 Å². The average molecular weight is 553 g/mol. The van der Waals surface area contributed by atoms with Gasteiger partial charge in [0, 0.05) is 35.2 Å². The Kier molecular flexibility index (Phi) is 6.98. The van der Waals surface area contributed by atoms with E-state index >= 15 is 0 Å². The van der Waals surface area contributed by atoms with E-state index in [-0.39, 0.29) is 41.4 Å². The number of fused-ring (bicyclic) bond motifs is 3. The first-order valence-electron chi connectivity index (χ1n) is 13.9. The Morgan fingerprint density at radius 2 is 1.62 bits per heavy atom. The minimum absolute atomic E-state index is 0.0218. The Bertz CT molecular complexity index is 1400. The van der Waals surface area contributed by atoms with Gasteiger partial charge >= 0.3 is 0 Å². The van der Waals surface area contributed by atoms with Crippen LogP contribution in [0.1, 0.15) is 90.1 Å². The van der Waals surface area contributed by atoms with Gasteiger partial charge in [-0.25, -0.2) is 0 Å². The van der Waals surface area contributed by atoms with Crippen molar-refractivity contribution in [2.24, 2.45) is 34.5 Å². The molecule has 0 spiro atoms. The van der Waals surface area contributed by atoms with E-state index in [4.69, 9.17) is 0 Å². The fourth-order valence-corrected chi connectivity index (χ4v) is 8.29. The van der Waals surface area contributed by atoms with E-state index in [1.165, 1.54) is 6.07 Å². The largest absolute Gasteiger partial charge is 0.511 e. The third kappa shape index (κ3) is 3.54. The van der Waals surface area contributed by atoms with Crippen molar-refractivity contribution in [3.8, 4) is 5.75 Å². The lowest BCUT2D eigenvalue weighted by atomic mass is 9.38. The van der Waals surface area contributed by atoms with E-state index in [0.717, 1.165) is 6.92 Å². The maximum absolute atomic E-state index is 14.2. The molecule has 0 saturated carbocycles.